The Morgan fingerprint density at radius 3 is 3.10 bits per heavy atom. The maximum absolute atomic E-state index is 11.1. The van der Waals surface area contributed by atoms with Gasteiger partial charge < -0.3 is 10.1 Å². The molecule has 0 fully saturated rings. The molecule has 0 saturated carbocycles. The Morgan fingerprint density at radius 1 is 1.45 bits per heavy atom. The predicted molar refractivity (Wildman–Crippen MR) is 71.4 cm³/mol. The number of carboxylic acid groups (broad SMARTS) is 1. The number of imidazole rings is 1. The fourth-order valence-corrected chi connectivity index (χ4v) is 2.83. The molecule has 0 amide bonds. The fraction of sp³-hybridized carbons (Fsp3) is 0.182. The van der Waals surface area contributed by atoms with Gasteiger partial charge in [-0.05, 0) is 0 Å². The van der Waals surface area contributed by atoms with Crippen LogP contribution in [0.25, 0.3) is 11.2 Å². The summed E-state index contributed by atoms with van der Waals surface area (Å²) in [6.07, 6.45) is 4.34. The van der Waals surface area contributed by atoms with E-state index in [9.17, 15) is 4.79 Å². The van der Waals surface area contributed by atoms with Crippen LogP contribution >= 0.6 is 11.8 Å². The van der Waals surface area contributed by atoms with E-state index in [4.69, 9.17) is 5.11 Å². The first-order chi connectivity index (χ1) is 9.66. The average Bonchev–Trinajstić information content (AvgIpc) is 3.03. The average molecular weight is 290 g/mol. The Labute approximate surface area is 117 Å². The number of aryl methyl sites for hydroxylation is 1. The van der Waals surface area contributed by atoms with Gasteiger partial charge >= 0.3 is 5.97 Å². The van der Waals surface area contributed by atoms with Crippen LogP contribution in [0.3, 0.4) is 0 Å². The summed E-state index contributed by atoms with van der Waals surface area (Å²) < 4.78 is 1.56. The number of fused-ring (bicyclic) bond motifs is 1. The maximum atomic E-state index is 11.1. The minimum absolute atomic E-state index is 0.204. The molecule has 0 unspecified atom stereocenters. The van der Waals surface area contributed by atoms with Crippen LogP contribution in [0.2, 0.25) is 0 Å². The van der Waals surface area contributed by atoms with Crippen molar-refractivity contribution >= 4 is 28.9 Å². The fourth-order valence-electron chi connectivity index (χ4n) is 1.80. The number of hydrogen-bond acceptors (Lipinski definition) is 6. The van der Waals surface area contributed by atoms with E-state index >= 15 is 0 Å². The van der Waals surface area contributed by atoms with Gasteiger partial charge in [-0.1, -0.05) is 11.8 Å². The highest BCUT2D eigenvalue weighted by Gasteiger charge is 2.16. The van der Waals surface area contributed by atoms with Gasteiger partial charge in [0.1, 0.15) is 22.4 Å². The van der Waals surface area contributed by atoms with Crippen molar-refractivity contribution < 1.29 is 9.90 Å². The molecular weight excluding hydrogens is 280 g/mol. The normalized spacial score (nSPS) is 11.1. The molecule has 102 valence electrons. The molecule has 0 saturated heterocycles. The molecule has 0 radical (unpaired) electrons. The number of carboxylic acids is 1. The summed E-state index contributed by atoms with van der Waals surface area (Å²) in [4.78, 5) is 26.4. The van der Waals surface area contributed by atoms with Crippen molar-refractivity contribution in [3.05, 3.63) is 30.1 Å². The van der Waals surface area contributed by atoms with Crippen molar-refractivity contribution in [1.82, 2.24) is 29.7 Å². The first kappa shape index (κ1) is 12.6. The third-order valence-electron chi connectivity index (χ3n) is 2.83. The third-order valence-corrected chi connectivity index (χ3v) is 3.83. The van der Waals surface area contributed by atoms with E-state index in [0.717, 1.165) is 10.5 Å². The zero-order valence-electron chi connectivity index (χ0n) is 10.4. The van der Waals surface area contributed by atoms with Crippen molar-refractivity contribution in [3.8, 4) is 0 Å². The number of hydrogen-bond donors (Lipinski definition) is 2. The topological polar surface area (TPSA) is 110 Å². The number of rotatable bonds is 4. The van der Waals surface area contributed by atoms with Crippen LogP contribution < -0.4 is 0 Å². The van der Waals surface area contributed by atoms with Gasteiger partial charge in [0, 0.05) is 12.8 Å². The van der Waals surface area contributed by atoms with E-state index in [-0.39, 0.29) is 5.56 Å². The molecule has 0 aromatic carbocycles. The Balaban J connectivity index is 1.88. The third kappa shape index (κ3) is 2.11. The summed E-state index contributed by atoms with van der Waals surface area (Å²) >= 11 is 1.41. The van der Waals surface area contributed by atoms with Crippen molar-refractivity contribution in [1.29, 1.82) is 0 Å². The molecule has 0 spiro atoms. The minimum Gasteiger partial charge on any atom is -0.478 e. The molecule has 3 aromatic rings. The SMILES string of the molecule is Cn1ncc(C(=O)O)c1CSc1ncnc2nc[nH]c12. The number of H-pyrrole nitrogens is 1. The number of nitrogens with zero attached hydrogens (tertiary/aromatic N) is 5. The quantitative estimate of drug-likeness (QED) is 0.546. The summed E-state index contributed by atoms with van der Waals surface area (Å²) in [6, 6.07) is 0. The highest BCUT2D eigenvalue weighted by molar-refractivity contribution is 7.98. The van der Waals surface area contributed by atoms with Gasteiger partial charge in [-0.3, -0.25) is 4.68 Å². The highest BCUT2D eigenvalue weighted by atomic mass is 32.2. The predicted octanol–water partition coefficient (Wildman–Crippen LogP) is 1.08. The Morgan fingerprint density at radius 2 is 2.30 bits per heavy atom. The Hall–Kier alpha value is -2.42. The van der Waals surface area contributed by atoms with Crippen LogP contribution in [0.1, 0.15) is 16.1 Å². The molecule has 2 N–H and O–H groups in total. The number of thioether (sulfide) groups is 1. The molecule has 0 aliphatic heterocycles. The van der Waals surface area contributed by atoms with E-state index < -0.39 is 5.97 Å². The van der Waals surface area contributed by atoms with Crippen molar-refractivity contribution in [2.45, 2.75) is 10.8 Å². The summed E-state index contributed by atoms with van der Waals surface area (Å²) in [5, 5.41) is 13.8. The summed E-state index contributed by atoms with van der Waals surface area (Å²) in [5.74, 6) is -0.536. The lowest BCUT2D eigenvalue weighted by Crippen LogP contribution is -2.03. The standard InChI is InChI=1S/C11H10N6O2S/c1-17-7(6(2-16-17)11(18)19)3-20-10-8-9(13-4-12-8)14-5-15-10/h2,4-5H,3H2,1H3,(H,18,19)(H,12,13,14,15). The maximum Gasteiger partial charge on any atom is 0.339 e. The molecule has 8 nitrogen and oxygen atoms in total. The zero-order chi connectivity index (χ0) is 14.1. The van der Waals surface area contributed by atoms with E-state index in [1.807, 2.05) is 0 Å². The molecule has 0 bridgehead atoms. The molecular formula is C11H10N6O2S. The molecule has 0 aliphatic rings. The van der Waals surface area contributed by atoms with E-state index in [1.165, 1.54) is 24.3 Å². The lowest BCUT2D eigenvalue weighted by molar-refractivity contribution is 0.0696. The van der Waals surface area contributed by atoms with Crippen LogP contribution in [0.5, 0.6) is 0 Å². The second-order valence-electron chi connectivity index (χ2n) is 4.00. The van der Waals surface area contributed by atoms with Gasteiger partial charge in [0.15, 0.2) is 5.65 Å². The number of carbonyl (C=O) groups is 1. The van der Waals surface area contributed by atoms with Crippen molar-refractivity contribution in [2.24, 2.45) is 7.05 Å². The highest BCUT2D eigenvalue weighted by Crippen LogP contribution is 2.26. The van der Waals surface area contributed by atoms with E-state index in [0.29, 0.717) is 17.1 Å². The summed E-state index contributed by atoms with van der Waals surface area (Å²) in [7, 11) is 1.72. The number of aromatic amines is 1. The van der Waals surface area contributed by atoms with Crippen LogP contribution in [0.4, 0.5) is 0 Å². The molecule has 3 aromatic heterocycles. The van der Waals surface area contributed by atoms with Crippen LogP contribution in [-0.4, -0.2) is 40.8 Å². The first-order valence-corrected chi connectivity index (χ1v) is 6.66. The molecule has 0 atom stereocenters. The molecule has 3 heterocycles. The van der Waals surface area contributed by atoms with E-state index in [2.05, 4.69) is 25.0 Å². The summed E-state index contributed by atoms with van der Waals surface area (Å²) in [6.45, 7) is 0. The van der Waals surface area contributed by atoms with Crippen molar-refractivity contribution in [3.63, 3.8) is 0 Å². The van der Waals surface area contributed by atoms with Crippen LogP contribution in [-0.2, 0) is 12.8 Å². The number of nitrogens with one attached hydrogen (secondary N) is 1. The lowest BCUT2D eigenvalue weighted by Gasteiger charge is -2.04. The molecule has 9 heteroatoms. The van der Waals surface area contributed by atoms with E-state index in [1.54, 1.807) is 18.1 Å². The van der Waals surface area contributed by atoms with Crippen molar-refractivity contribution in [2.75, 3.05) is 0 Å². The van der Waals surface area contributed by atoms with Gasteiger partial charge in [-0.2, -0.15) is 5.10 Å². The number of aromatic carboxylic acids is 1. The van der Waals surface area contributed by atoms with Gasteiger partial charge in [-0.25, -0.2) is 19.7 Å². The second kappa shape index (κ2) is 4.93. The lowest BCUT2D eigenvalue weighted by atomic mass is 10.3. The van der Waals surface area contributed by atoms with Crippen LogP contribution in [0, 0.1) is 0 Å². The molecule has 0 aliphatic carbocycles. The monoisotopic (exact) mass is 290 g/mol. The zero-order valence-corrected chi connectivity index (χ0v) is 11.3. The van der Waals surface area contributed by atoms with Crippen LogP contribution in [0.15, 0.2) is 23.9 Å². The smallest absolute Gasteiger partial charge is 0.339 e. The van der Waals surface area contributed by atoms with Gasteiger partial charge in [0.05, 0.1) is 18.2 Å². The molecule has 3 rings (SSSR count). The number of aromatic nitrogens is 6. The second-order valence-corrected chi connectivity index (χ2v) is 4.97. The van der Waals surface area contributed by atoms with Gasteiger partial charge in [-0.15, -0.1) is 0 Å². The van der Waals surface area contributed by atoms with Gasteiger partial charge in [0.2, 0.25) is 0 Å². The largest absolute Gasteiger partial charge is 0.478 e. The Bertz CT molecular complexity index is 780. The first-order valence-electron chi connectivity index (χ1n) is 5.68. The summed E-state index contributed by atoms with van der Waals surface area (Å²) in [5.41, 5.74) is 2.17. The Kier molecular flexibility index (Phi) is 3.11. The molecule has 20 heavy (non-hydrogen) atoms. The minimum atomic E-state index is -0.983. The van der Waals surface area contributed by atoms with Gasteiger partial charge in [0.25, 0.3) is 0 Å².